The molecule has 1 aromatic rings. The van der Waals surface area contributed by atoms with Crippen LogP contribution in [0.4, 0.5) is 5.69 Å². The van der Waals surface area contributed by atoms with Crippen LogP contribution in [0.5, 0.6) is 0 Å². The third kappa shape index (κ3) is 4.75. The summed E-state index contributed by atoms with van der Waals surface area (Å²) in [7, 11) is 0. The van der Waals surface area contributed by atoms with Gasteiger partial charge < -0.3 is 10.6 Å². The van der Waals surface area contributed by atoms with Gasteiger partial charge in [-0.15, -0.1) is 11.8 Å². The number of thioether (sulfide) groups is 1. The number of carbonyl (C=O) groups excluding carboxylic acids is 2. The molecule has 0 saturated heterocycles. The van der Waals surface area contributed by atoms with Crippen LogP contribution in [0.3, 0.4) is 0 Å². The molecule has 1 aliphatic carbocycles. The highest BCUT2D eigenvalue weighted by atomic mass is 32.2. The monoisotopic (exact) mass is 379 g/mol. The molecule has 2 amide bonds. The molecule has 2 unspecified atom stereocenters. The van der Waals surface area contributed by atoms with Gasteiger partial charge in [-0.05, 0) is 37.8 Å². The third-order valence-electron chi connectivity index (χ3n) is 4.93. The Balaban J connectivity index is 2.12. The van der Waals surface area contributed by atoms with Crippen LogP contribution < -0.4 is 5.73 Å². The smallest absolute Gasteiger partial charge is 0.283 e. The molecule has 2 N–H and O–H groups in total. The molecule has 8 heteroatoms. The van der Waals surface area contributed by atoms with E-state index < -0.39 is 10.8 Å². The van der Waals surface area contributed by atoms with E-state index in [2.05, 4.69) is 20.8 Å². The maximum absolute atomic E-state index is 12.8. The van der Waals surface area contributed by atoms with Crippen molar-refractivity contribution in [2.24, 2.45) is 11.7 Å². The van der Waals surface area contributed by atoms with Crippen LogP contribution in [0.2, 0.25) is 0 Å². The van der Waals surface area contributed by atoms with Crippen LogP contribution in [0.1, 0.15) is 50.4 Å². The lowest BCUT2D eigenvalue weighted by Crippen LogP contribution is -2.44. The lowest BCUT2D eigenvalue weighted by molar-refractivity contribution is -0.387. The number of nitro groups is 1. The maximum Gasteiger partial charge on any atom is 0.283 e. The van der Waals surface area contributed by atoms with E-state index in [9.17, 15) is 19.7 Å². The molecular formula is C18H25N3O4S. The highest BCUT2D eigenvalue weighted by Gasteiger charge is 2.37. The summed E-state index contributed by atoms with van der Waals surface area (Å²) in [4.78, 5) is 37.0. The van der Waals surface area contributed by atoms with Crippen molar-refractivity contribution in [3.63, 3.8) is 0 Å². The summed E-state index contributed by atoms with van der Waals surface area (Å²) in [5, 5.41) is 11.3. The second-order valence-electron chi connectivity index (χ2n) is 6.75. The highest BCUT2D eigenvalue weighted by molar-refractivity contribution is 8.00. The van der Waals surface area contributed by atoms with Crippen LogP contribution in [0.15, 0.2) is 23.1 Å². The summed E-state index contributed by atoms with van der Waals surface area (Å²) >= 11 is 1.13. The van der Waals surface area contributed by atoms with Crippen molar-refractivity contribution < 1.29 is 14.5 Å². The number of hydrogen-bond acceptors (Lipinski definition) is 5. The lowest BCUT2D eigenvalue weighted by atomic mass is 9.99. The van der Waals surface area contributed by atoms with Crippen LogP contribution >= 0.6 is 11.8 Å². The number of nitrogens with zero attached hydrogens (tertiary/aromatic N) is 2. The summed E-state index contributed by atoms with van der Waals surface area (Å²) in [5.74, 6) is -0.191. The molecular weight excluding hydrogens is 354 g/mol. The Morgan fingerprint density at radius 3 is 2.54 bits per heavy atom. The van der Waals surface area contributed by atoms with Crippen LogP contribution in [0.25, 0.3) is 0 Å². The van der Waals surface area contributed by atoms with E-state index in [0.717, 1.165) is 37.1 Å². The standard InChI is InChI=1S/C18H25N3O4S/c1-4-11(2)12(3)20(14-6-7-14)17(22)10-26-16-8-5-13(18(19)23)9-15(16)21(24)25/h5,8-9,11-12,14H,4,6-7,10H2,1-3H3,(H2,19,23). The second-order valence-corrected chi connectivity index (χ2v) is 7.77. The molecule has 0 heterocycles. The van der Waals surface area contributed by atoms with E-state index in [4.69, 9.17) is 5.73 Å². The van der Waals surface area contributed by atoms with Gasteiger partial charge in [-0.3, -0.25) is 19.7 Å². The Hall–Kier alpha value is -2.09. The normalized spacial score (nSPS) is 16.0. The first-order valence-electron chi connectivity index (χ1n) is 8.78. The van der Waals surface area contributed by atoms with Gasteiger partial charge >= 0.3 is 0 Å². The Bertz CT molecular complexity index is 706. The van der Waals surface area contributed by atoms with E-state index >= 15 is 0 Å². The molecule has 7 nitrogen and oxygen atoms in total. The Morgan fingerprint density at radius 1 is 1.38 bits per heavy atom. The number of nitrogens with two attached hydrogens (primary N) is 1. The van der Waals surface area contributed by atoms with Gasteiger partial charge in [-0.1, -0.05) is 20.3 Å². The average molecular weight is 379 g/mol. The Labute approximate surface area is 157 Å². The fraction of sp³-hybridized carbons (Fsp3) is 0.556. The first kappa shape index (κ1) is 20.2. The van der Waals surface area contributed by atoms with Gasteiger partial charge in [0.05, 0.1) is 15.6 Å². The molecule has 1 aromatic carbocycles. The van der Waals surface area contributed by atoms with Crippen molar-refractivity contribution in [2.75, 3.05) is 5.75 Å². The Kier molecular flexibility index (Phi) is 6.63. The SMILES string of the molecule is CCC(C)C(C)N(C(=O)CSc1ccc(C(N)=O)cc1[N+](=O)[O-])C1CC1. The highest BCUT2D eigenvalue weighted by Crippen LogP contribution is 2.34. The topological polar surface area (TPSA) is 107 Å². The minimum atomic E-state index is -0.719. The summed E-state index contributed by atoms with van der Waals surface area (Å²) < 4.78 is 0. The van der Waals surface area contributed by atoms with Crippen LogP contribution in [-0.4, -0.2) is 39.5 Å². The summed E-state index contributed by atoms with van der Waals surface area (Å²) in [6, 6.07) is 4.53. The van der Waals surface area contributed by atoms with Gasteiger partial charge in [0.1, 0.15) is 0 Å². The zero-order chi connectivity index (χ0) is 19.4. The minimum absolute atomic E-state index is 0.00132. The summed E-state index contributed by atoms with van der Waals surface area (Å²) in [5.41, 5.74) is 5.06. The Morgan fingerprint density at radius 2 is 2.04 bits per heavy atom. The first-order chi connectivity index (χ1) is 12.3. The summed E-state index contributed by atoms with van der Waals surface area (Å²) in [6.45, 7) is 6.31. The van der Waals surface area contributed by atoms with E-state index in [-0.39, 0.29) is 29.0 Å². The average Bonchev–Trinajstić information content (AvgIpc) is 3.43. The molecule has 0 spiro atoms. The number of hydrogen-bond donors (Lipinski definition) is 1. The lowest BCUT2D eigenvalue weighted by Gasteiger charge is -2.33. The number of benzene rings is 1. The van der Waals surface area contributed by atoms with Crippen molar-refractivity contribution in [1.82, 2.24) is 4.90 Å². The molecule has 0 bridgehead atoms. The van der Waals surface area contributed by atoms with Crippen molar-refractivity contribution in [3.05, 3.63) is 33.9 Å². The fourth-order valence-electron chi connectivity index (χ4n) is 2.88. The third-order valence-corrected chi connectivity index (χ3v) is 5.97. The van der Waals surface area contributed by atoms with Gasteiger partial charge in [-0.2, -0.15) is 0 Å². The van der Waals surface area contributed by atoms with Crippen molar-refractivity contribution in [2.45, 2.75) is 57.0 Å². The van der Waals surface area contributed by atoms with Crippen molar-refractivity contribution >= 4 is 29.3 Å². The van der Waals surface area contributed by atoms with E-state index in [0.29, 0.717) is 16.9 Å². The predicted molar refractivity (Wildman–Crippen MR) is 101 cm³/mol. The number of amides is 2. The van der Waals surface area contributed by atoms with Crippen molar-refractivity contribution in [3.8, 4) is 0 Å². The second kappa shape index (κ2) is 8.53. The quantitative estimate of drug-likeness (QED) is 0.403. The number of rotatable bonds is 9. The van der Waals surface area contributed by atoms with Crippen LogP contribution in [0, 0.1) is 16.0 Å². The van der Waals surface area contributed by atoms with Gasteiger partial charge in [0.25, 0.3) is 5.69 Å². The number of primary amides is 1. The molecule has 0 radical (unpaired) electrons. The van der Waals surface area contributed by atoms with Crippen LogP contribution in [-0.2, 0) is 4.79 Å². The van der Waals surface area contributed by atoms with Gasteiger partial charge in [0.15, 0.2) is 0 Å². The summed E-state index contributed by atoms with van der Waals surface area (Å²) in [6.07, 6.45) is 3.03. The molecule has 26 heavy (non-hydrogen) atoms. The largest absolute Gasteiger partial charge is 0.366 e. The van der Waals surface area contributed by atoms with E-state index in [1.165, 1.54) is 12.1 Å². The number of carbonyl (C=O) groups is 2. The molecule has 0 aliphatic heterocycles. The molecule has 142 valence electrons. The minimum Gasteiger partial charge on any atom is -0.366 e. The molecule has 1 fully saturated rings. The zero-order valence-electron chi connectivity index (χ0n) is 15.3. The van der Waals surface area contributed by atoms with Crippen molar-refractivity contribution in [1.29, 1.82) is 0 Å². The predicted octanol–water partition coefficient (Wildman–Crippen LogP) is 3.21. The molecule has 1 aliphatic rings. The fourth-order valence-corrected chi connectivity index (χ4v) is 3.75. The van der Waals surface area contributed by atoms with Gasteiger partial charge in [0, 0.05) is 23.7 Å². The molecule has 1 saturated carbocycles. The number of nitro benzene ring substituents is 1. The van der Waals surface area contributed by atoms with E-state index in [1.807, 2.05) is 4.90 Å². The van der Waals surface area contributed by atoms with E-state index in [1.54, 1.807) is 0 Å². The maximum atomic E-state index is 12.8. The molecule has 2 atom stereocenters. The molecule has 0 aromatic heterocycles. The zero-order valence-corrected chi connectivity index (χ0v) is 16.1. The van der Waals surface area contributed by atoms with Gasteiger partial charge in [-0.25, -0.2) is 0 Å². The van der Waals surface area contributed by atoms with Gasteiger partial charge in [0.2, 0.25) is 11.8 Å². The first-order valence-corrected chi connectivity index (χ1v) is 9.77. The molecule has 2 rings (SSSR count).